The smallest absolute Gasteiger partial charge is 0.378 e. The molecule has 0 spiro atoms. The van der Waals surface area contributed by atoms with Crippen LogP contribution in [0.25, 0.3) is 0 Å². The molecular formula is C13H22O4Si. The summed E-state index contributed by atoms with van der Waals surface area (Å²) in [5.74, 6) is 1.55. The Kier molecular flexibility index (Phi) is 5.19. The Morgan fingerprint density at radius 1 is 0.944 bits per heavy atom. The van der Waals surface area contributed by atoms with Crippen molar-refractivity contribution in [2.24, 2.45) is 0 Å². The maximum absolute atomic E-state index is 5.76. The highest BCUT2D eigenvalue weighted by Crippen LogP contribution is 2.28. The normalized spacial score (nSPS) is 11.7. The van der Waals surface area contributed by atoms with Gasteiger partial charge in [-0.1, -0.05) is 13.8 Å². The van der Waals surface area contributed by atoms with Crippen LogP contribution in [0.3, 0.4) is 0 Å². The fourth-order valence-corrected chi connectivity index (χ4v) is 5.22. The average molecular weight is 270 g/mol. The van der Waals surface area contributed by atoms with Gasteiger partial charge in [0.25, 0.3) is 0 Å². The maximum Gasteiger partial charge on any atom is 0.378 e. The zero-order chi connectivity index (χ0) is 13.8. The monoisotopic (exact) mass is 270 g/mol. The summed E-state index contributed by atoms with van der Waals surface area (Å²) >= 11 is 0. The van der Waals surface area contributed by atoms with Crippen LogP contribution in [0.4, 0.5) is 0 Å². The molecule has 4 nitrogen and oxygen atoms in total. The van der Waals surface area contributed by atoms with E-state index in [4.69, 9.17) is 18.3 Å². The molecule has 0 aliphatic heterocycles. The lowest BCUT2D eigenvalue weighted by molar-refractivity contribution is 0.247. The molecule has 0 radical (unpaired) electrons. The van der Waals surface area contributed by atoms with E-state index in [9.17, 15) is 0 Å². The Bertz CT molecular complexity index is 389. The van der Waals surface area contributed by atoms with E-state index in [0.29, 0.717) is 0 Å². The van der Waals surface area contributed by atoms with Crippen molar-refractivity contribution in [3.05, 3.63) is 18.2 Å². The van der Waals surface area contributed by atoms with Gasteiger partial charge in [0.05, 0.1) is 14.2 Å². The minimum absolute atomic E-state index is 0.258. The van der Waals surface area contributed by atoms with E-state index in [0.717, 1.165) is 16.7 Å². The fraction of sp³-hybridized carbons (Fsp3) is 0.538. The molecule has 0 heterocycles. The molecule has 1 aromatic carbocycles. The molecule has 0 N–H and O–H groups in total. The number of hydrogen-bond donors (Lipinski definition) is 0. The second kappa shape index (κ2) is 6.22. The molecule has 0 aliphatic rings. The van der Waals surface area contributed by atoms with E-state index in [1.807, 2.05) is 18.2 Å². The molecule has 0 saturated carbocycles. The Balaban J connectivity index is 3.42. The summed E-state index contributed by atoms with van der Waals surface area (Å²) < 4.78 is 22.2. The summed E-state index contributed by atoms with van der Waals surface area (Å²) in [4.78, 5) is 0. The van der Waals surface area contributed by atoms with E-state index in [2.05, 4.69) is 13.8 Å². The molecule has 0 atom stereocenters. The van der Waals surface area contributed by atoms with E-state index >= 15 is 0 Å². The molecule has 18 heavy (non-hydrogen) atoms. The van der Waals surface area contributed by atoms with Gasteiger partial charge in [-0.25, -0.2) is 0 Å². The SMILES string of the molecule is COc1ccc(OC)c([Si](OC)(OC)C(C)C)c1. The van der Waals surface area contributed by atoms with Crippen LogP contribution >= 0.6 is 0 Å². The third-order valence-corrected chi connectivity index (χ3v) is 7.02. The number of methoxy groups -OCH3 is 2. The van der Waals surface area contributed by atoms with Gasteiger partial charge in [0, 0.05) is 24.9 Å². The van der Waals surface area contributed by atoms with Crippen molar-refractivity contribution < 1.29 is 18.3 Å². The zero-order valence-corrected chi connectivity index (χ0v) is 12.9. The average Bonchev–Trinajstić information content (AvgIpc) is 2.40. The van der Waals surface area contributed by atoms with Crippen LogP contribution in [-0.4, -0.2) is 37.0 Å². The molecule has 1 aromatic rings. The fourth-order valence-electron chi connectivity index (χ4n) is 2.17. The van der Waals surface area contributed by atoms with Gasteiger partial charge in [0.15, 0.2) is 0 Å². The lowest BCUT2D eigenvalue weighted by Gasteiger charge is -2.32. The first-order chi connectivity index (χ1) is 8.55. The Morgan fingerprint density at radius 3 is 1.94 bits per heavy atom. The van der Waals surface area contributed by atoms with Gasteiger partial charge in [-0.2, -0.15) is 0 Å². The quantitative estimate of drug-likeness (QED) is 0.741. The van der Waals surface area contributed by atoms with Crippen LogP contribution in [0, 0.1) is 0 Å². The van der Waals surface area contributed by atoms with Gasteiger partial charge in [-0.15, -0.1) is 0 Å². The predicted octanol–water partition coefficient (Wildman–Crippen LogP) is 2.06. The summed E-state index contributed by atoms with van der Waals surface area (Å²) in [7, 11) is 4.15. The van der Waals surface area contributed by atoms with E-state index < -0.39 is 8.56 Å². The van der Waals surface area contributed by atoms with Gasteiger partial charge in [-0.05, 0) is 18.2 Å². The molecule has 102 valence electrons. The second-order valence-corrected chi connectivity index (χ2v) is 8.14. The first-order valence-electron chi connectivity index (χ1n) is 5.88. The van der Waals surface area contributed by atoms with Crippen LogP contribution in [0.5, 0.6) is 11.5 Å². The molecule has 0 bridgehead atoms. The summed E-state index contributed by atoms with van der Waals surface area (Å²) in [6, 6.07) is 5.70. The topological polar surface area (TPSA) is 36.9 Å². The van der Waals surface area contributed by atoms with Crippen molar-refractivity contribution >= 4 is 13.7 Å². The standard InChI is InChI=1S/C13H22O4Si/c1-10(2)18(16-5,17-6)13-9-11(14-3)7-8-12(13)15-4/h7-10H,1-6H3. The first-order valence-corrected chi connectivity index (χ1v) is 7.77. The van der Waals surface area contributed by atoms with Gasteiger partial charge in [0.2, 0.25) is 0 Å². The number of rotatable bonds is 6. The third kappa shape index (κ3) is 2.53. The Hall–Kier alpha value is -1.04. The number of benzene rings is 1. The van der Waals surface area contributed by atoms with Crippen molar-refractivity contribution in [3.63, 3.8) is 0 Å². The van der Waals surface area contributed by atoms with Crippen LogP contribution in [-0.2, 0) is 8.85 Å². The molecule has 0 saturated heterocycles. The van der Waals surface area contributed by atoms with Crippen molar-refractivity contribution in [3.8, 4) is 11.5 Å². The van der Waals surface area contributed by atoms with Gasteiger partial charge in [0.1, 0.15) is 11.5 Å². The molecule has 0 aromatic heterocycles. The van der Waals surface area contributed by atoms with Crippen molar-refractivity contribution in [2.45, 2.75) is 19.4 Å². The lowest BCUT2D eigenvalue weighted by Crippen LogP contribution is -2.55. The van der Waals surface area contributed by atoms with E-state index in [1.165, 1.54) is 0 Å². The van der Waals surface area contributed by atoms with Gasteiger partial charge in [-0.3, -0.25) is 0 Å². The first kappa shape index (κ1) is 15.0. The Labute approximate surface area is 110 Å². The van der Waals surface area contributed by atoms with Crippen LogP contribution in [0.1, 0.15) is 13.8 Å². The van der Waals surface area contributed by atoms with Crippen molar-refractivity contribution in [2.75, 3.05) is 28.4 Å². The van der Waals surface area contributed by atoms with Crippen molar-refractivity contribution in [1.82, 2.24) is 0 Å². The zero-order valence-electron chi connectivity index (χ0n) is 11.9. The molecule has 0 aliphatic carbocycles. The molecule has 0 fully saturated rings. The summed E-state index contributed by atoms with van der Waals surface area (Å²) in [5, 5.41) is 0.962. The Morgan fingerprint density at radius 2 is 1.56 bits per heavy atom. The minimum Gasteiger partial charge on any atom is -0.497 e. The summed E-state index contributed by atoms with van der Waals surface area (Å²) in [6.45, 7) is 4.19. The van der Waals surface area contributed by atoms with E-state index in [-0.39, 0.29) is 5.54 Å². The molecule has 1 rings (SSSR count). The minimum atomic E-state index is -2.52. The second-order valence-electron chi connectivity index (χ2n) is 4.30. The van der Waals surface area contributed by atoms with Crippen molar-refractivity contribution in [1.29, 1.82) is 0 Å². The highest BCUT2D eigenvalue weighted by atomic mass is 28.4. The summed E-state index contributed by atoms with van der Waals surface area (Å²) in [5.41, 5.74) is 0.258. The number of hydrogen-bond acceptors (Lipinski definition) is 4. The molecular weight excluding hydrogens is 248 g/mol. The predicted molar refractivity (Wildman–Crippen MR) is 74.1 cm³/mol. The summed E-state index contributed by atoms with van der Waals surface area (Å²) in [6.07, 6.45) is 0. The van der Waals surface area contributed by atoms with Crippen LogP contribution in [0.2, 0.25) is 5.54 Å². The highest BCUT2D eigenvalue weighted by Gasteiger charge is 2.44. The van der Waals surface area contributed by atoms with Gasteiger partial charge >= 0.3 is 8.56 Å². The maximum atomic E-state index is 5.76. The highest BCUT2D eigenvalue weighted by molar-refractivity contribution is 6.83. The van der Waals surface area contributed by atoms with Crippen LogP contribution in [0.15, 0.2) is 18.2 Å². The largest absolute Gasteiger partial charge is 0.497 e. The third-order valence-electron chi connectivity index (χ3n) is 3.15. The lowest BCUT2D eigenvalue weighted by atomic mass is 10.3. The van der Waals surface area contributed by atoms with E-state index in [1.54, 1.807) is 28.4 Å². The molecule has 0 amide bonds. The molecule has 0 unspecified atom stereocenters. The number of ether oxygens (including phenoxy) is 2. The van der Waals surface area contributed by atoms with Crippen LogP contribution < -0.4 is 14.7 Å². The van der Waals surface area contributed by atoms with Gasteiger partial charge < -0.3 is 18.3 Å². The molecule has 5 heteroatoms.